The molecule has 4 nitrogen and oxygen atoms in total. The molecule has 0 unspecified atom stereocenters. The molecule has 0 spiro atoms. The van der Waals surface area contributed by atoms with Gasteiger partial charge in [-0.15, -0.1) is 0 Å². The van der Waals surface area contributed by atoms with Gasteiger partial charge in [0.1, 0.15) is 0 Å². The standard InChI is InChI=1S/C48H30N4/c1-3-14-31(15-4-1)39-30-40(32-16-5-2-6-17-32)50-48(49-39)34-19-13-20-35(28-34)51-42-25-12-10-23-38(42)47-43(51)26-27-44-46(47)37-22-9-8-21-36(37)45-29-33-18-7-11-24-41(33)52(44)45/h1-30H. The first-order valence-electron chi connectivity index (χ1n) is 17.7. The summed E-state index contributed by atoms with van der Waals surface area (Å²) in [6.07, 6.45) is 0. The number of benzene rings is 7. The van der Waals surface area contributed by atoms with Crippen LogP contribution < -0.4 is 0 Å². The molecule has 0 amide bonds. The highest BCUT2D eigenvalue weighted by Gasteiger charge is 2.20. The third-order valence-corrected chi connectivity index (χ3v) is 10.5. The first-order valence-corrected chi connectivity index (χ1v) is 17.7. The van der Waals surface area contributed by atoms with E-state index in [1.54, 1.807) is 0 Å². The normalized spacial score (nSPS) is 11.8. The summed E-state index contributed by atoms with van der Waals surface area (Å²) in [4.78, 5) is 10.3. The van der Waals surface area contributed by atoms with Crippen molar-refractivity contribution in [3.05, 3.63) is 182 Å². The van der Waals surface area contributed by atoms with Gasteiger partial charge in [-0.1, -0.05) is 133 Å². The van der Waals surface area contributed by atoms with Crippen LogP contribution >= 0.6 is 0 Å². The van der Waals surface area contributed by atoms with Gasteiger partial charge in [-0.05, 0) is 53.9 Å². The molecule has 0 saturated carbocycles. The number of hydrogen-bond acceptors (Lipinski definition) is 2. The van der Waals surface area contributed by atoms with E-state index in [2.05, 4.69) is 179 Å². The zero-order chi connectivity index (χ0) is 34.2. The lowest BCUT2D eigenvalue weighted by molar-refractivity contribution is 1.16. The van der Waals surface area contributed by atoms with Crippen molar-refractivity contribution in [3.8, 4) is 39.6 Å². The second-order valence-corrected chi connectivity index (χ2v) is 13.4. The highest BCUT2D eigenvalue weighted by molar-refractivity contribution is 6.30. The Morgan fingerprint density at radius 2 is 0.923 bits per heavy atom. The minimum atomic E-state index is 0.696. The van der Waals surface area contributed by atoms with E-state index in [1.807, 2.05) is 12.1 Å². The van der Waals surface area contributed by atoms with E-state index in [4.69, 9.17) is 9.97 Å². The van der Waals surface area contributed by atoms with E-state index in [0.717, 1.165) is 44.8 Å². The van der Waals surface area contributed by atoms with Crippen molar-refractivity contribution in [1.82, 2.24) is 18.9 Å². The van der Waals surface area contributed by atoms with Gasteiger partial charge in [0.05, 0.1) is 39.0 Å². The lowest BCUT2D eigenvalue weighted by atomic mass is 10.00. The summed E-state index contributed by atoms with van der Waals surface area (Å²) in [5, 5.41) is 7.50. The Labute approximate surface area is 299 Å². The van der Waals surface area contributed by atoms with Gasteiger partial charge in [-0.3, -0.25) is 0 Å². The number of pyridine rings is 1. The van der Waals surface area contributed by atoms with Crippen LogP contribution in [0.5, 0.6) is 0 Å². The molecule has 11 aromatic rings. The fourth-order valence-corrected chi connectivity index (χ4v) is 8.20. The molecule has 0 N–H and O–H groups in total. The summed E-state index contributed by atoms with van der Waals surface area (Å²) in [6.45, 7) is 0. The highest BCUT2D eigenvalue weighted by atomic mass is 15.0. The Morgan fingerprint density at radius 1 is 0.346 bits per heavy atom. The summed E-state index contributed by atoms with van der Waals surface area (Å²) in [5.74, 6) is 0.696. The van der Waals surface area contributed by atoms with E-state index < -0.39 is 0 Å². The van der Waals surface area contributed by atoms with Gasteiger partial charge in [0.25, 0.3) is 0 Å². The van der Waals surface area contributed by atoms with Crippen molar-refractivity contribution >= 4 is 59.9 Å². The van der Waals surface area contributed by atoms with Crippen LogP contribution in [-0.4, -0.2) is 18.9 Å². The molecule has 4 aromatic heterocycles. The van der Waals surface area contributed by atoms with Gasteiger partial charge in [0, 0.05) is 49.3 Å². The fourth-order valence-electron chi connectivity index (χ4n) is 8.20. The summed E-state index contributed by atoms with van der Waals surface area (Å²) in [5.41, 5.74) is 11.9. The topological polar surface area (TPSA) is 35.1 Å². The minimum Gasteiger partial charge on any atom is -0.309 e. The molecule has 4 heterocycles. The quantitative estimate of drug-likeness (QED) is 0.176. The van der Waals surface area contributed by atoms with E-state index in [1.165, 1.54) is 48.9 Å². The molecule has 0 bridgehead atoms. The van der Waals surface area contributed by atoms with Gasteiger partial charge < -0.3 is 8.97 Å². The highest BCUT2D eigenvalue weighted by Crippen LogP contribution is 2.42. The number of aromatic nitrogens is 4. The largest absolute Gasteiger partial charge is 0.309 e. The lowest BCUT2D eigenvalue weighted by Gasteiger charge is -2.13. The molecule has 52 heavy (non-hydrogen) atoms. The van der Waals surface area contributed by atoms with E-state index in [-0.39, 0.29) is 0 Å². The Kier molecular flexibility index (Phi) is 6.22. The van der Waals surface area contributed by atoms with Crippen LogP contribution in [0.3, 0.4) is 0 Å². The summed E-state index contributed by atoms with van der Waals surface area (Å²) in [6, 6.07) is 64.7. The molecule has 0 atom stereocenters. The van der Waals surface area contributed by atoms with Crippen LogP contribution in [0.4, 0.5) is 0 Å². The van der Waals surface area contributed by atoms with Gasteiger partial charge in [-0.25, -0.2) is 9.97 Å². The molecule has 0 fully saturated rings. The first kappa shape index (κ1) is 28.8. The second kappa shape index (κ2) is 11.2. The Bertz CT molecular complexity index is 3110. The number of nitrogens with zero attached hydrogens (tertiary/aromatic N) is 4. The molecular weight excluding hydrogens is 633 g/mol. The van der Waals surface area contributed by atoms with Crippen molar-refractivity contribution in [2.24, 2.45) is 0 Å². The zero-order valence-electron chi connectivity index (χ0n) is 28.1. The third kappa shape index (κ3) is 4.28. The molecule has 0 aliphatic rings. The van der Waals surface area contributed by atoms with Gasteiger partial charge >= 0.3 is 0 Å². The lowest BCUT2D eigenvalue weighted by Crippen LogP contribution is -1.98. The van der Waals surface area contributed by atoms with Crippen molar-refractivity contribution in [1.29, 1.82) is 0 Å². The summed E-state index contributed by atoms with van der Waals surface area (Å²) in [7, 11) is 0. The van der Waals surface area contributed by atoms with Gasteiger partial charge in [0.15, 0.2) is 5.82 Å². The molecule has 11 rings (SSSR count). The van der Waals surface area contributed by atoms with E-state index >= 15 is 0 Å². The first-order chi connectivity index (χ1) is 25.8. The SMILES string of the molecule is c1ccc(-c2cc(-c3ccccc3)nc(-c3cccc(-n4c5ccccc5c5c6c7ccccc7c7cc8ccccc8n7c6ccc54)c3)n2)cc1. The van der Waals surface area contributed by atoms with Gasteiger partial charge in [-0.2, -0.15) is 0 Å². The van der Waals surface area contributed by atoms with E-state index in [9.17, 15) is 0 Å². The van der Waals surface area contributed by atoms with Crippen LogP contribution in [0.2, 0.25) is 0 Å². The Hall–Kier alpha value is -7.04. The van der Waals surface area contributed by atoms with Crippen LogP contribution in [0, 0.1) is 0 Å². The molecule has 0 aliphatic carbocycles. The van der Waals surface area contributed by atoms with Crippen LogP contribution in [-0.2, 0) is 0 Å². The Balaban J connectivity index is 1.19. The molecule has 0 radical (unpaired) electrons. The predicted molar refractivity (Wildman–Crippen MR) is 216 cm³/mol. The third-order valence-electron chi connectivity index (χ3n) is 10.5. The van der Waals surface area contributed by atoms with Crippen molar-refractivity contribution < 1.29 is 0 Å². The molecule has 0 saturated heterocycles. The van der Waals surface area contributed by atoms with Crippen LogP contribution in [0.1, 0.15) is 0 Å². The van der Waals surface area contributed by atoms with Crippen molar-refractivity contribution in [2.75, 3.05) is 0 Å². The number of rotatable bonds is 4. The minimum absolute atomic E-state index is 0.696. The average molecular weight is 663 g/mol. The molecule has 242 valence electrons. The Morgan fingerprint density at radius 3 is 1.67 bits per heavy atom. The fraction of sp³-hybridized carbons (Fsp3) is 0. The molecule has 0 aliphatic heterocycles. The van der Waals surface area contributed by atoms with Crippen molar-refractivity contribution in [2.45, 2.75) is 0 Å². The maximum Gasteiger partial charge on any atom is 0.160 e. The predicted octanol–water partition coefficient (Wildman–Crippen LogP) is 12.3. The zero-order valence-corrected chi connectivity index (χ0v) is 28.1. The second-order valence-electron chi connectivity index (χ2n) is 13.4. The molecule has 7 aromatic carbocycles. The number of hydrogen-bond donors (Lipinski definition) is 0. The summed E-state index contributed by atoms with van der Waals surface area (Å²) < 4.78 is 4.85. The average Bonchev–Trinajstić information content (AvgIpc) is 3.78. The maximum atomic E-state index is 5.15. The van der Waals surface area contributed by atoms with Gasteiger partial charge in [0.2, 0.25) is 0 Å². The molecule has 4 heteroatoms. The van der Waals surface area contributed by atoms with Crippen molar-refractivity contribution in [3.63, 3.8) is 0 Å². The van der Waals surface area contributed by atoms with E-state index in [0.29, 0.717) is 5.82 Å². The maximum absolute atomic E-state index is 5.15. The smallest absolute Gasteiger partial charge is 0.160 e. The number of fused-ring (bicyclic) bond motifs is 12. The van der Waals surface area contributed by atoms with Crippen LogP contribution in [0.25, 0.3) is 99.5 Å². The molecular formula is C48H30N4. The monoisotopic (exact) mass is 662 g/mol. The number of para-hydroxylation sites is 2. The van der Waals surface area contributed by atoms with Crippen LogP contribution in [0.15, 0.2) is 182 Å². The summed E-state index contributed by atoms with van der Waals surface area (Å²) >= 11 is 0.